The number of anilines is 1. The zero-order valence-corrected chi connectivity index (χ0v) is 12.8. The fourth-order valence-corrected chi connectivity index (χ4v) is 3.07. The van der Waals surface area contributed by atoms with Crippen LogP contribution in [0.3, 0.4) is 0 Å². The molecule has 0 spiro atoms. The van der Waals surface area contributed by atoms with Gasteiger partial charge >= 0.3 is 0 Å². The Kier molecular flexibility index (Phi) is 5.12. The van der Waals surface area contributed by atoms with Crippen molar-refractivity contribution in [3.05, 3.63) is 27.9 Å². The number of aromatic nitrogens is 1. The molecule has 21 heavy (non-hydrogen) atoms. The van der Waals surface area contributed by atoms with E-state index in [0.717, 1.165) is 50.0 Å². The van der Waals surface area contributed by atoms with Gasteiger partial charge in [0.15, 0.2) is 0 Å². The summed E-state index contributed by atoms with van der Waals surface area (Å²) in [4.78, 5) is 17.1. The number of hydrogen-bond acceptors (Lipinski definition) is 5. The smallest absolute Gasteiger partial charge is 0.287 e. The van der Waals surface area contributed by atoms with E-state index < -0.39 is 4.92 Å². The second-order valence-electron chi connectivity index (χ2n) is 5.85. The third kappa shape index (κ3) is 3.69. The molecule has 1 aliphatic carbocycles. The Labute approximate surface area is 125 Å². The van der Waals surface area contributed by atoms with Crippen molar-refractivity contribution in [1.82, 2.24) is 4.98 Å². The quantitative estimate of drug-likeness (QED) is 0.666. The summed E-state index contributed by atoms with van der Waals surface area (Å²) < 4.78 is 0. The molecule has 1 saturated carbocycles. The molecule has 0 radical (unpaired) electrons. The highest BCUT2D eigenvalue weighted by Gasteiger charge is 2.26. The van der Waals surface area contributed by atoms with Crippen molar-refractivity contribution >= 4 is 11.5 Å². The van der Waals surface area contributed by atoms with Crippen LogP contribution in [0.15, 0.2) is 12.3 Å². The zero-order valence-electron chi connectivity index (χ0n) is 12.8. The van der Waals surface area contributed by atoms with Crippen LogP contribution in [0.1, 0.15) is 44.6 Å². The van der Waals surface area contributed by atoms with Crippen LogP contribution in [0.5, 0.6) is 0 Å². The summed E-state index contributed by atoms with van der Waals surface area (Å²) in [5.41, 5.74) is 6.91. The third-order valence-electron chi connectivity index (χ3n) is 4.17. The topological polar surface area (TPSA) is 85.3 Å². The Morgan fingerprint density at radius 2 is 2.10 bits per heavy atom. The molecule has 0 atom stereocenters. The van der Waals surface area contributed by atoms with Gasteiger partial charge in [0, 0.05) is 24.7 Å². The van der Waals surface area contributed by atoms with Crippen molar-refractivity contribution in [3.63, 3.8) is 0 Å². The Bertz CT molecular complexity index is 498. The van der Waals surface area contributed by atoms with E-state index in [1.807, 2.05) is 6.92 Å². The monoisotopic (exact) mass is 292 g/mol. The molecule has 116 valence electrons. The van der Waals surface area contributed by atoms with Crippen molar-refractivity contribution in [2.24, 2.45) is 5.73 Å². The Morgan fingerprint density at radius 3 is 2.62 bits per heavy atom. The number of nitrogens with two attached hydrogens (primary N) is 1. The van der Waals surface area contributed by atoms with Gasteiger partial charge in [0.1, 0.15) is 12.0 Å². The molecule has 0 amide bonds. The van der Waals surface area contributed by atoms with Gasteiger partial charge in [-0.3, -0.25) is 10.1 Å². The van der Waals surface area contributed by atoms with Gasteiger partial charge in [0.2, 0.25) is 0 Å². The zero-order chi connectivity index (χ0) is 15.4. The highest BCUT2D eigenvalue weighted by molar-refractivity contribution is 5.51. The van der Waals surface area contributed by atoms with Gasteiger partial charge < -0.3 is 10.6 Å². The second-order valence-corrected chi connectivity index (χ2v) is 5.85. The Hall–Kier alpha value is -1.69. The summed E-state index contributed by atoms with van der Waals surface area (Å²) in [5, 5.41) is 10.8. The van der Waals surface area contributed by atoms with Crippen LogP contribution in [0.25, 0.3) is 0 Å². The van der Waals surface area contributed by atoms with E-state index in [1.165, 1.54) is 6.20 Å². The number of aryl methyl sites for hydroxylation is 1. The van der Waals surface area contributed by atoms with Crippen molar-refractivity contribution in [1.29, 1.82) is 0 Å². The molecule has 2 rings (SSSR count). The molecule has 1 aromatic rings. The van der Waals surface area contributed by atoms with Crippen LogP contribution in [-0.4, -0.2) is 28.5 Å². The lowest BCUT2D eigenvalue weighted by atomic mass is 9.90. The molecule has 2 N–H and O–H groups in total. The second kappa shape index (κ2) is 6.85. The van der Waals surface area contributed by atoms with Gasteiger partial charge in [-0.25, -0.2) is 4.98 Å². The lowest BCUT2D eigenvalue weighted by Crippen LogP contribution is -2.42. The predicted octanol–water partition coefficient (Wildman–Crippen LogP) is 2.78. The first-order chi connectivity index (χ1) is 10.0. The van der Waals surface area contributed by atoms with E-state index in [-0.39, 0.29) is 5.69 Å². The first kappa shape index (κ1) is 15.7. The summed E-state index contributed by atoms with van der Waals surface area (Å²) >= 11 is 0. The number of hydrogen-bond donors (Lipinski definition) is 1. The minimum Gasteiger partial charge on any atom is -0.353 e. The fourth-order valence-electron chi connectivity index (χ4n) is 3.07. The Balaban J connectivity index is 2.23. The molecule has 0 bridgehead atoms. The SMILES string of the molecule is CCCN(c1ncc([N+](=O)[O-])cc1C)C1CCC(N)CC1. The average molecular weight is 292 g/mol. The number of pyridine rings is 1. The van der Waals surface area contributed by atoms with Gasteiger partial charge in [0.05, 0.1) is 4.92 Å². The maximum atomic E-state index is 10.8. The van der Waals surface area contributed by atoms with Gasteiger partial charge in [0.25, 0.3) is 5.69 Å². The number of nitrogens with zero attached hydrogens (tertiary/aromatic N) is 3. The normalized spacial score (nSPS) is 22.0. The van der Waals surface area contributed by atoms with Crippen LogP contribution in [0.4, 0.5) is 11.5 Å². The predicted molar refractivity (Wildman–Crippen MR) is 83.5 cm³/mol. The third-order valence-corrected chi connectivity index (χ3v) is 4.17. The van der Waals surface area contributed by atoms with E-state index in [9.17, 15) is 10.1 Å². The summed E-state index contributed by atoms with van der Waals surface area (Å²) in [5.74, 6) is 0.878. The summed E-state index contributed by atoms with van der Waals surface area (Å²) in [7, 11) is 0. The van der Waals surface area contributed by atoms with Crippen molar-refractivity contribution in [2.75, 3.05) is 11.4 Å². The van der Waals surface area contributed by atoms with Crippen LogP contribution in [-0.2, 0) is 0 Å². The van der Waals surface area contributed by atoms with Gasteiger partial charge in [-0.05, 0) is 44.6 Å². The molecular weight excluding hydrogens is 268 g/mol. The minimum absolute atomic E-state index is 0.0540. The highest BCUT2D eigenvalue weighted by Crippen LogP contribution is 2.29. The Morgan fingerprint density at radius 1 is 1.43 bits per heavy atom. The molecule has 1 heterocycles. The first-order valence-corrected chi connectivity index (χ1v) is 7.66. The standard InChI is InChI=1S/C15H24N4O2/c1-3-8-18(13-6-4-12(16)5-7-13)15-11(2)9-14(10-17-15)19(20)21/h9-10,12-13H,3-8,16H2,1-2H3. The molecule has 1 aliphatic rings. The van der Waals surface area contributed by atoms with E-state index in [2.05, 4.69) is 16.8 Å². The molecule has 1 aromatic heterocycles. The molecule has 0 unspecified atom stereocenters. The summed E-state index contributed by atoms with van der Waals surface area (Å²) in [6, 6.07) is 2.37. The van der Waals surface area contributed by atoms with Crippen LogP contribution in [0.2, 0.25) is 0 Å². The molecule has 0 saturated heterocycles. The van der Waals surface area contributed by atoms with Crippen LogP contribution >= 0.6 is 0 Å². The fraction of sp³-hybridized carbons (Fsp3) is 0.667. The number of nitro groups is 1. The average Bonchev–Trinajstić information content (AvgIpc) is 2.46. The van der Waals surface area contributed by atoms with E-state index >= 15 is 0 Å². The lowest BCUT2D eigenvalue weighted by molar-refractivity contribution is -0.385. The molecule has 0 aliphatic heterocycles. The van der Waals surface area contributed by atoms with Crippen LogP contribution < -0.4 is 10.6 Å². The molecular formula is C15H24N4O2. The highest BCUT2D eigenvalue weighted by atomic mass is 16.6. The first-order valence-electron chi connectivity index (χ1n) is 7.66. The lowest BCUT2D eigenvalue weighted by Gasteiger charge is -2.37. The molecule has 6 heteroatoms. The van der Waals surface area contributed by atoms with Crippen molar-refractivity contribution in [2.45, 2.75) is 58.0 Å². The van der Waals surface area contributed by atoms with Gasteiger partial charge in [-0.15, -0.1) is 0 Å². The number of rotatable bonds is 5. The molecule has 6 nitrogen and oxygen atoms in total. The van der Waals surface area contributed by atoms with E-state index in [1.54, 1.807) is 6.07 Å². The molecule has 1 fully saturated rings. The van der Waals surface area contributed by atoms with Crippen molar-refractivity contribution < 1.29 is 4.92 Å². The van der Waals surface area contributed by atoms with Crippen molar-refractivity contribution in [3.8, 4) is 0 Å². The minimum atomic E-state index is -0.395. The van der Waals surface area contributed by atoms with Crippen LogP contribution in [0, 0.1) is 17.0 Å². The maximum absolute atomic E-state index is 10.8. The molecule has 0 aromatic carbocycles. The van der Waals surface area contributed by atoms with Gasteiger partial charge in [-0.1, -0.05) is 6.92 Å². The largest absolute Gasteiger partial charge is 0.353 e. The maximum Gasteiger partial charge on any atom is 0.287 e. The van der Waals surface area contributed by atoms with E-state index in [0.29, 0.717) is 12.1 Å². The summed E-state index contributed by atoms with van der Waals surface area (Å²) in [6.07, 6.45) is 6.60. The van der Waals surface area contributed by atoms with E-state index in [4.69, 9.17) is 5.73 Å². The van der Waals surface area contributed by atoms with Gasteiger partial charge in [-0.2, -0.15) is 0 Å². The summed E-state index contributed by atoms with van der Waals surface area (Å²) in [6.45, 7) is 4.96.